The monoisotopic (exact) mass is 324 g/mol. The number of rotatable bonds is 7. The van der Waals surface area contributed by atoms with Gasteiger partial charge in [0.25, 0.3) is 0 Å². The first-order valence-electron chi connectivity index (χ1n) is 7.50. The van der Waals surface area contributed by atoms with Crippen LogP contribution in [-0.2, 0) is 6.18 Å². The summed E-state index contributed by atoms with van der Waals surface area (Å²) in [5.74, 6) is 0.899. The highest BCUT2D eigenvalue weighted by Crippen LogP contribution is 2.31. The molecule has 7 heteroatoms. The zero-order valence-corrected chi connectivity index (χ0v) is 12.8. The Morgan fingerprint density at radius 2 is 1.96 bits per heavy atom. The van der Waals surface area contributed by atoms with Gasteiger partial charge in [0.1, 0.15) is 5.82 Å². The van der Waals surface area contributed by atoms with Crippen molar-refractivity contribution in [2.24, 2.45) is 0 Å². The summed E-state index contributed by atoms with van der Waals surface area (Å²) in [5, 5.41) is 5.97. The lowest BCUT2D eigenvalue weighted by atomic mass is 10.2. The van der Waals surface area contributed by atoms with Crippen molar-refractivity contribution in [3.63, 3.8) is 0 Å². The molecule has 0 fully saturated rings. The van der Waals surface area contributed by atoms with Crippen LogP contribution in [0.4, 0.5) is 30.6 Å². The predicted molar refractivity (Wildman–Crippen MR) is 84.8 cm³/mol. The molecule has 0 aliphatic carbocycles. The molecule has 23 heavy (non-hydrogen) atoms. The fourth-order valence-corrected chi connectivity index (χ4v) is 2.01. The van der Waals surface area contributed by atoms with Gasteiger partial charge in [-0.05, 0) is 30.7 Å². The molecule has 0 atom stereocenters. The van der Waals surface area contributed by atoms with Crippen molar-refractivity contribution in [3.05, 3.63) is 42.1 Å². The number of aromatic nitrogens is 2. The first-order chi connectivity index (χ1) is 11.0. The van der Waals surface area contributed by atoms with Crippen molar-refractivity contribution < 1.29 is 13.2 Å². The Balaban J connectivity index is 2.03. The van der Waals surface area contributed by atoms with Crippen LogP contribution >= 0.6 is 0 Å². The molecule has 2 N–H and O–H groups in total. The first-order valence-corrected chi connectivity index (χ1v) is 7.50. The Hall–Kier alpha value is -2.31. The number of hydrogen-bond acceptors (Lipinski definition) is 4. The SMILES string of the molecule is CCCCCNc1ccnc(Nc2cccc(C(F)(F)F)c2)n1. The largest absolute Gasteiger partial charge is 0.416 e. The minimum absolute atomic E-state index is 0.254. The Morgan fingerprint density at radius 3 is 2.70 bits per heavy atom. The van der Waals surface area contributed by atoms with Crippen LogP contribution < -0.4 is 10.6 Å². The van der Waals surface area contributed by atoms with E-state index in [0.717, 1.165) is 37.9 Å². The highest BCUT2D eigenvalue weighted by Gasteiger charge is 2.30. The normalized spacial score (nSPS) is 11.3. The van der Waals surface area contributed by atoms with E-state index in [1.807, 2.05) is 0 Å². The Labute approximate surface area is 133 Å². The van der Waals surface area contributed by atoms with E-state index in [-0.39, 0.29) is 5.95 Å². The maximum Gasteiger partial charge on any atom is 0.416 e. The van der Waals surface area contributed by atoms with Gasteiger partial charge in [0, 0.05) is 18.4 Å². The maximum atomic E-state index is 12.7. The number of nitrogens with one attached hydrogen (secondary N) is 2. The third-order valence-corrected chi connectivity index (χ3v) is 3.19. The van der Waals surface area contributed by atoms with Crippen LogP contribution in [0.5, 0.6) is 0 Å². The third kappa shape index (κ3) is 5.43. The van der Waals surface area contributed by atoms with E-state index in [1.54, 1.807) is 18.3 Å². The number of benzene rings is 1. The van der Waals surface area contributed by atoms with Crippen molar-refractivity contribution in [1.29, 1.82) is 0 Å². The molecule has 1 aromatic heterocycles. The minimum atomic E-state index is -4.37. The number of anilines is 3. The smallest absolute Gasteiger partial charge is 0.370 e. The molecule has 2 rings (SSSR count). The summed E-state index contributed by atoms with van der Waals surface area (Å²) in [6.07, 6.45) is 0.491. The van der Waals surface area contributed by atoms with Gasteiger partial charge in [0.05, 0.1) is 5.56 Å². The molecular weight excluding hydrogens is 305 g/mol. The fourth-order valence-electron chi connectivity index (χ4n) is 2.01. The molecule has 0 saturated heterocycles. The number of hydrogen-bond donors (Lipinski definition) is 2. The van der Waals surface area contributed by atoms with E-state index in [9.17, 15) is 13.2 Å². The minimum Gasteiger partial charge on any atom is -0.370 e. The van der Waals surface area contributed by atoms with E-state index in [4.69, 9.17) is 0 Å². The Kier molecular flexibility index (Phi) is 5.78. The van der Waals surface area contributed by atoms with E-state index in [2.05, 4.69) is 27.5 Å². The molecule has 0 aliphatic rings. The van der Waals surface area contributed by atoms with Crippen LogP contribution in [0.2, 0.25) is 0 Å². The molecule has 124 valence electrons. The summed E-state index contributed by atoms with van der Waals surface area (Å²) in [5.41, 5.74) is -0.417. The van der Waals surface area contributed by atoms with Gasteiger partial charge < -0.3 is 10.6 Å². The molecule has 0 amide bonds. The highest BCUT2D eigenvalue weighted by atomic mass is 19.4. The second-order valence-electron chi connectivity index (χ2n) is 5.10. The van der Waals surface area contributed by atoms with Crippen molar-refractivity contribution in [2.75, 3.05) is 17.2 Å². The Bertz CT molecular complexity index is 629. The maximum absolute atomic E-state index is 12.7. The lowest BCUT2D eigenvalue weighted by molar-refractivity contribution is -0.137. The molecule has 0 bridgehead atoms. The summed E-state index contributed by atoms with van der Waals surface area (Å²) in [7, 11) is 0. The summed E-state index contributed by atoms with van der Waals surface area (Å²) in [6.45, 7) is 2.93. The predicted octanol–water partition coefficient (Wildman–Crippen LogP) is 4.84. The molecule has 0 spiro atoms. The van der Waals surface area contributed by atoms with Crippen molar-refractivity contribution in [3.8, 4) is 0 Å². The number of alkyl halides is 3. The van der Waals surface area contributed by atoms with Gasteiger partial charge in [-0.15, -0.1) is 0 Å². The van der Waals surface area contributed by atoms with Crippen LogP contribution in [0.3, 0.4) is 0 Å². The zero-order chi connectivity index (χ0) is 16.7. The molecule has 2 aromatic rings. The van der Waals surface area contributed by atoms with Crippen molar-refractivity contribution in [2.45, 2.75) is 32.4 Å². The Morgan fingerprint density at radius 1 is 1.13 bits per heavy atom. The highest BCUT2D eigenvalue weighted by molar-refractivity contribution is 5.56. The average molecular weight is 324 g/mol. The topological polar surface area (TPSA) is 49.8 Å². The lowest BCUT2D eigenvalue weighted by Crippen LogP contribution is -2.07. The van der Waals surface area contributed by atoms with Crippen LogP contribution in [0, 0.1) is 0 Å². The van der Waals surface area contributed by atoms with Gasteiger partial charge in [0.15, 0.2) is 0 Å². The van der Waals surface area contributed by atoms with Crippen LogP contribution in [0.25, 0.3) is 0 Å². The summed E-state index contributed by atoms with van der Waals surface area (Å²) in [4.78, 5) is 8.27. The van der Waals surface area contributed by atoms with E-state index in [1.165, 1.54) is 6.07 Å². The molecule has 0 aliphatic heterocycles. The fraction of sp³-hybridized carbons (Fsp3) is 0.375. The standard InChI is InChI=1S/C16H19F3N4/c1-2-3-4-9-20-14-8-10-21-15(23-14)22-13-7-5-6-12(11-13)16(17,18)19/h5-8,10-11H,2-4,9H2,1H3,(H2,20,21,22,23). The molecule has 0 unspecified atom stereocenters. The summed E-state index contributed by atoms with van der Waals surface area (Å²) in [6, 6.07) is 6.67. The first kappa shape index (κ1) is 17.1. The van der Waals surface area contributed by atoms with E-state index < -0.39 is 11.7 Å². The molecule has 0 radical (unpaired) electrons. The number of unbranched alkanes of at least 4 members (excludes halogenated alkanes) is 2. The lowest BCUT2D eigenvalue weighted by Gasteiger charge is -2.10. The van der Waals surface area contributed by atoms with E-state index in [0.29, 0.717) is 11.5 Å². The molecular formula is C16H19F3N4. The van der Waals surface area contributed by atoms with Crippen molar-refractivity contribution >= 4 is 17.5 Å². The van der Waals surface area contributed by atoms with E-state index >= 15 is 0 Å². The van der Waals surface area contributed by atoms with Gasteiger partial charge in [-0.2, -0.15) is 18.2 Å². The van der Waals surface area contributed by atoms with Gasteiger partial charge in [-0.3, -0.25) is 0 Å². The number of nitrogens with zero attached hydrogens (tertiary/aromatic N) is 2. The van der Waals surface area contributed by atoms with Gasteiger partial charge in [-0.25, -0.2) is 4.98 Å². The zero-order valence-electron chi connectivity index (χ0n) is 12.8. The van der Waals surface area contributed by atoms with Crippen LogP contribution in [0.1, 0.15) is 31.7 Å². The summed E-state index contributed by atoms with van der Waals surface area (Å²) >= 11 is 0. The second-order valence-corrected chi connectivity index (χ2v) is 5.10. The molecule has 4 nitrogen and oxygen atoms in total. The average Bonchev–Trinajstić information content (AvgIpc) is 2.51. The van der Waals surface area contributed by atoms with Gasteiger partial charge in [-0.1, -0.05) is 25.8 Å². The molecule has 1 aromatic carbocycles. The van der Waals surface area contributed by atoms with Crippen LogP contribution in [-0.4, -0.2) is 16.5 Å². The molecule has 1 heterocycles. The second kappa shape index (κ2) is 7.80. The number of halogens is 3. The third-order valence-electron chi connectivity index (χ3n) is 3.19. The van der Waals surface area contributed by atoms with Crippen molar-refractivity contribution in [1.82, 2.24) is 9.97 Å². The van der Waals surface area contributed by atoms with Gasteiger partial charge in [0.2, 0.25) is 5.95 Å². The van der Waals surface area contributed by atoms with Crippen LogP contribution in [0.15, 0.2) is 36.5 Å². The quantitative estimate of drug-likeness (QED) is 0.716. The van der Waals surface area contributed by atoms with Gasteiger partial charge >= 0.3 is 6.18 Å². The molecule has 0 saturated carbocycles. The summed E-state index contributed by atoms with van der Waals surface area (Å²) < 4.78 is 38.1.